The molecule has 1 aromatic heterocycles. The highest BCUT2D eigenvalue weighted by molar-refractivity contribution is 5.68. The van der Waals surface area contributed by atoms with Gasteiger partial charge in [0.2, 0.25) is 0 Å². The van der Waals surface area contributed by atoms with Crippen LogP contribution in [0.4, 0.5) is 4.79 Å². The minimum absolute atomic E-state index is 0.225. The fourth-order valence-electron chi connectivity index (χ4n) is 2.43. The number of pyridine rings is 1. The summed E-state index contributed by atoms with van der Waals surface area (Å²) in [4.78, 5) is 18.4. The standard InChI is InChI=1S/C16H25N3O2/c1-16(2,3)21-15(20)19-9-8-17-11-13(12-19)10-14-6-4-5-7-18-14/h4-7,13,17H,8-12H2,1-3H3. The highest BCUT2D eigenvalue weighted by atomic mass is 16.6. The summed E-state index contributed by atoms with van der Waals surface area (Å²) in [5, 5.41) is 3.39. The van der Waals surface area contributed by atoms with Gasteiger partial charge in [0.1, 0.15) is 5.60 Å². The number of hydrogen-bond donors (Lipinski definition) is 1. The number of ether oxygens (including phenoxy) is 1. The molecule has 1 aliphatic heterocycles. The summed E-state index contributed by atoms with van der Waals surface area (Å²) in [6.07, 6.45) is 2.45. The van der Waals surface area contributed by atoms with Crippen LogP contribution in [0, 0.1) is 5.92 Å². The summed E-state index contributed by atoms with van der Waals surface area (Å²) in [5.41, 5.74) is 0.614. The molecule has 2 rings (SSSR count). The second-order valence-electron chi connectivity index (χ2n) is 6.52. The number of nitrogens with one attached hydrogen (secondary N) is 1. The van der Waals surface area contributed by atoms with E-state index in [1.807, 2.05) is 45.2 Å². The van der Waals surface area contributed by atoms with E-state index in [4.69, 9.17) is 4.74 Å². The maximum Gasteiger partial charge on any atom is 0.410 e. The molecule has 1 atom stereocenters. The zero-order valence-electron chi connectivity index (χ0n) is 13.1. The van der Waals surface area contributed by atoms with Gasteiger partial charge in [-0.3, -0.25) is 4.98 Å². The number of carbonyl (C=O) groups excluding carboxylic acids is 1. The van der Waals surface area contributed by atoms with Gasteiger partial charge in [0.15, 0.2) is 0 Å². The lowest BCUT2D eigenvalue weighted by atomic mass is 10.0. The SMILES string of the molecule is CC(C)(C)OC(=O)N1CCNCC(Cc2ccccn2)C1. The number of aromatic nitrogens is 1. The molecule has 1 amide bonds. The van der Waals surface area contributed by atoms with Crippen molar-refractivity contribution in [3.63, 3.8) is 0 Å². The molecule has 1 N–H and O–H groups in total. The van der Waals surface area contributed by atoms with Crippen LogP contribution in [0.3, 0.4) is 0 Å². The largest absolute Gasteiger partial charge is 0.444 e. The van der Waals surface area contributed by atoms with Gasteiger partial charge in [-0.15, -0.1) is 0 Å². The smallest absolute Gasteiger partial charge is 0.410 e. The maximum absolute atomic E-state index is 12.2. The van der Waals surface area contributed by atoms with E-state index in [1.165, 1.54) is 0 Å². The summed E-state index contributed by atoms with van der Waals surface area (Å²) in [6, 6.07) is 5.95. The van der Waals surface area contributed by atoms with E-state index in [-0.39, 0.29) is 6.09 Å². The molecule has 2 heterocycles. The number of nitrogens with zero attached hydrogens (tertiary/aromatic N) is 2. The van der Waals surface area contributed by atoms with Crippen LogP contribution in [0.2, 0.25) is 0 Å². The molecule has 21 heavy (non-hydrogen) atoms. The van der Waals surface area contributed by atoms with E-state index in [9.17, 15) is 4.79 Å². The Labute approximate surface area is 126 Å². The quantitative estimate of drug-likeness (QED) is 0.906. The Bertz CT molecular complexity index is 456. The van der Waals surface area contributed by atoms with Gasteiger partial charge in [0.05, 0.1) is 0 Å². The average molecular weight is 291 g/mol. The van der Waals surface area contributed by atoms with Crippen LogP contribution in [-0.2, 0) is 11.2 Å². The Balaban J connectivity index is 1.96. The first kappa shape index (κ1) is 15.8. The van der Waals surface area contributed by atoms with Crippen molar-refractivity contribution in [2.45, 2.75) is 32.8 Å². The first-order valence-electron chi connectivity index (χ1n) is 7.52. The lowest BCUT2D eigenvalue weighted by molar-refractivity contribution is 0.0241. The molecule has 116 valence electrons. The Kier molecular flexibility index (Phi) is 5.17. The van der Waals surface area contributed by atoms with Crippen LogP contribution in [0.1, 0.15) is 26.5 Å². The van der Waals surface area contributed by atoms with Gasteiger partial charge >= 0.3 is 6.09 Å². The Morgan fingerprint density at radius 1 is 1.48 bits per heavy atom. The minimum Gasteiger partial charge on any atom is -0.444 e. The highest BCUT2D eigenvalue weighted by Gasteiger charge is 2.26. The first-order valence-corrected chi connectivity index (χ1v) is 7.52. The predicted octanol–water partition coefficient (Wildman–Crippen LogP) is 2.08. The Hall–Kier alpha value is -1.62. The fourth-order valence-corrected chi connectivity index (χ4v) is 2.43. The second kappa shape index (κ2) is 6.89. The summed E-state index contributed by atoms with van der Waals surface area (Å²) < 4.78 is 5.47. The van der Waals surface area contributed by atoms with Gasteiger partial charge in [-0.25, -0.2) is 4.79 Å². The maximum atomic E-state index is 12.2. The van der Waals surface area contributed by atoms with E-state index in [0.29, 0.717) is 19.0 Å². The van der Waals surface area contributed by atoms with Crippen LogP contribution in [0.15, 0.2) is 24.4 Å². The van der Waals surface area contributed by atoms with E-state index in [2.05, 4.69) is 10.3 Å². The summed E-state index contributed by atoms with van der Waals surface area (Å²) >= 11 is 0. The van der Waals surface area contributed by atoms with E-state index >= 15 is 0 Å². The number of hydrogen-bond acceptors (Lipinski definition) is 4. The van der Waals surface area contributed by atoms with Gasteiger partial charge in [-0.05, 0) is 45.2 Å². The van der Waals surface area contributed by atoms with Crippen molar-refractivity contribution in [1.82, 2.24) is 15.2 Å². The molecule has 0 spiro atoms. The molecule has 0 saturated carbocycles. The molecule has 5 heteroatoms. The van der Waals surface area contributed by atoms with Gasteiger partial charge in [-0.1, -0.05) is 6.07 Å². The van der Waals surface area contributed by atoms with E-state index in [1.54, 1.807) is 4.90 Å². The molecule has 1 saturated heterocycles. The minimum atomic E-state index is -0.451. The lowest BCUT2D eigenvalue weighted by Gasteiger charge is -2.28. The van der Waals surface area contributed by atoms with Crippen molar-refractivity contribution in [3.8, 4) is 0 Å². The van der Waals surface area contributed by atoms with Crippen LogP contribution >= 0.6 is 0 Å². The molecule has 0 aliphatic carbocycles. The van der Waals surface area contributed by atoms with Crippen LogP contribution in [0.25, 0.3) is 0 Å². The molecule has 5 nitrogen and oxygen atoms in total. The molecule has 0 bridgehead atoms. The number of carbonyl (C=O) groups is 1. The van der Waals surface area contributed by atoms with Gasteiger partial charge in [0, 0.05) is 38.1 Å². The lowest BCUT2D eigenvalue weighted by Crippen LogP contribution is -2.40. The van der Waals surface area contributed by atoms with E-state index in [0.717, 1.165) is 25.2 Å². The summed E-state index contributed by atoms with van der Waals surface area (Å²) in [6.45, 7) is 8.78. The Morgan fingerprint density at radius 3 is 2.95 bits per heavy atom. The molecule has 1 fully saturated rings. The Morgan fingerprint density at radius 2 is 2.29 bits per heavy atom. The first-order chi connectivity index (χ1) is 9.94. The molecule has 0 radical (unpaired) electrons. The second-order valence-corrected chi connectivity index (χ2v) is 6.52. The number of amides is 1. The zero-order valence-corrected chi connectivity index (χ0v) is 13.1. The summed E-state index contributed by atoms with van der Waals surface area (Å²) in [5.74, 6) is 0.356. The van der Waals surface area contributed by atoms with Gasteiger partial charge in [-0.2, -0.15) is 0 Å². The molecule has 1 aliphatic rings. The predicted molar refractivity (Wildman–Crippen MR) is 82.1 cm³/mol. The van der Waals surface area contributed by atoms with Crippen molar-refractivity contribution >= 4 is 6.09 Å². The third-order valence-corrected chi connectivity index (χ3v) is 3.35. The van der Waals surface area contributed by atoms with E-state index < -0.39 is 5.60 Å². The highest BCUT2D eigenvalue weighted by Crippen LogP contribution is 2.14. The molecular formula is C16H25N3O2. The molecular weight excluding hydrogens is 266 g/mol. The third kappa shape index (κ3) is 5.34. The fraction of sp³-hybridized carbons (Fsp3) is 0.625. The van der Waals surface area contributed by atoms with Crippen molar-refractivity contribution in [2.24, 2.45) is 5.92 Å². The topological polar surface area (TPSA) is 54.5 Å². The van der Waals surface area contributed by atoms with Gasteiger partial charge < -0.3 is 15.0 Å². The van der Waals surface area contributed by atoms with Crippen LogP contribution < -0.4 is 5.32 Å². The monoisotopic (exact) mass is 291 g/mol. The van der Waals surface area contributed by atoms with Crippen molar-refractivity contribution in [1.29, 1.82) is 0 Å². The third-order valence-electron chi connectivity index (χ3n) is 3.35. The molecule has 1 aromatic rings. The zero-order chi connectivity index (χ0) is 15.3. The van der Waals surface area contributed by atoms with Crippen LogP contribution in [-0.4, -0.2) is 47.8 Å². The van der Waals surface area contributed by atoms with Crippen molar-refractivity contribution < 1.29 is 9.53 Å². The number of rotatable bonds is 2. The van der Waals surface area contributed by atoms with Crippen molar-refractivity contribution in [3.05, 3.63) is 30.1 Å². The average Bonchev–Trinajstić information content (AvgIpc) is 2.64. The van der Waals surface area contributed by atoms with Crippen LogP contribution in [0.5, 0.6) is 0 Å². The molecule has 0 aromatic carbocycles. The van der Waals surface area contributed by atoms with Crippen molar-refractivity contribution in [2.75, 3.05) is 26.2 Å². The van der Waals surface area contributed by atoms with Gasteiger partial charge in [0.25, 0.3) is 0 Å². The normalized spacial score (nSPS) is 20.0. The summed E-state index contributed by atoms with van der Waals surface area (Å²) in [7, 11) is 0. The molecule has 1 unspecified atom stereocenters.